The van der Waals surface area contributed by atoms with Crippen LogP contribution in [-0.2, 0) is 7.05 Å². The number of nitrogens with one attached hydrogen (secondary N) is 2. The summed E-state index contributed by atoms with van der Waals surface area (Å²) in [5, 5.41) is 4.13. The Balaban J connectivity index is 2.02. The molecule has 2 heterocycles. The van der Waals surface area contributed by atoms with Gasteiger partial charge in [0.05, 0.1) is 16.2 Å². The van der Waals surface area contributed by atoms with E-state index < -0.39 is 11.2 Å². The van der Waals surface area contributed by atoms with Crippen LogP contribution in [0.25, 0.3) is 11.3 Å². The zero-order valence-electron chi connectivity index (χ0n) is 15.7. The van der Waals surface area contributed by atoms with Gasteiger partial charge in [-0.05, 0) is 18.6 Å². The van der Waals surface area contributed by atoms with Crippen molar-refractivity contribution in [2.45, 2.75) is 26.2 Å². The number of ether oxygens (including phenoxy) is 1. The third-order valence-corrected chi connectivity index (χ3v) is 4.89. The zero-order chi connectivity index (χ0) is 21.3. The summed E-state index contributed by atoms with van der Waals surface area (Å²) in [4.78, 5) is 44.5. The number of rotatable bonds is 5. The molecule has 29 heavy (non-hydrogen) atoms. The van der Waals surface area contributed by atoms with Gasteiger partial charge in [0.1, 0.15) is 5.69 Å². The third-order valence-electron chi connectivity index (χ3n) is 4.33. The highest BCUT2D eigenvalue weighted by Gasteiger charge is 2.17. The Labute approximate surface area is 174 Å². The summed E-state index contributed by atoms with van der Waals surface area (Å²) in [5.74, 6) is 0.167. The van der Waals surface area contributed by atoms with Crippen molar-refractivity contribution >= 4 is 23.2 Å². The largest absolute Gasteiger partial charge is 0.434 e. The number of aromatic amines is 2. The number of aromatic nitrogens is 5. The van der Waals surface area contributed by atoms with Crippen LogP contribution in [0.4, 0.5) is 0 Å². The SMILES string of the molecule is CCC(C)c1nc(Oc2c(Cl)cc(-c3nn(C)c(=O)[nH]c3=O)cc2Cl)c[nH]c1=O. The third kappa shape index (κ3) is 4.25. The van der Waals surface area contributed by atoms with Gasteiger partial charge < -0.3 is 9.72 Å². The molecule has 0 aliphatic rings. The van der Waals surface area contributed by atoms with Gasteiger partial charge in [-0.15, -0.1) is 0 Å². The van der Waals surface area contributed by atoms with E-state index in [9.17, 15) is 14.4 Å². The first-order valence-electron chi connectivity index (χ1n) is 8.65. The van der Waals surface area contributed by atoms with Crippen LogP contribution >= 0.6 is 23.2 Å². The molecule has 2 N–H and O–H groups in total. The molecule has 0 radical (unpaired) electrons. The van der Waals surface area contributed by atoms with Crippen molar-refractivity contribution in [3.8, 4) is 22.9 Å². The van der Waals surface area contributed by atoms with Crippen LogP contribution in [0.3, 0.4) is 0 Å². The summed E-state index contributed by atoms with van der Waals surface area (Å²) in [6.07, 6.45) is 2.05. The lowest BCUT2D eigenvalue weighted by atomic mass is 10.1. The van der Waals surface area contributed by atoms with Crippen LogP contribution in [0.2, 0.25) is 10.0 Å². The van der Waals surface area contributed by atoms with Gasteiger partial charge in [-0.25, -0.2) is 14.5 Å². The maximum Gasteiger partial charge on any atom is 0.344 e. The summed E-state index contributed by atoms with van der Waals surface area (Å²) >= 11 is 12.6. The average Bonchev–Trinajstić information content (AvgIpc) is 2.68. The van der Waals surface area contributed by atoms with Crippen LogP contribution in [0, 0.1) is 0 Å². The summed E-state index contributed by atoms with van der Waals surface area (Å²) in [7, 11) is 1.40. The number of hydrogen-bond donors (Lipinski definition) is 2. The van der Waals surface area contributed by atoms with Crippen molar-refractivity contribution in [2.24, 2.45) is 7.05 Å². The number of aryl methyl sites for hydroxylation is 1. The van der Waals surface area contributed by atoms with Crippen molar-refractivity contribution in [3.05, 3.63) is 65.3 Å². The summed E-state index contributed by atoms with van der Waals surface area (Å²) in [5.41, 5.74) is -0.983. The Morgan fingerprint density at radius 3 is 2.45 bits per heavy atom. The van der Waals surface area contributed by atoms with E-state index in [1.165, 1.54) is 25.4 Å². The number of H-pyrrole nitrogens is 2. The van der Waals surface area contributed by atoms with Gasteiger partial charge >= 0.3 is 5.69 Å². The van der Waals surface area contributed by atoms with Gasteiger partial charge in [0.25, 0.3) is 11.1 Å². The molecule has 0 saturated heterocycles. The number of nitrogens with zero attached hydrogens (tertiary/aromatic N) is 3. The van der Waals surface area contributed by atoms with Gasteiger partial charge in [0.2, 0.25) is 5.88 Å². The van der Waals surface area contributed by atoms with Crippen LogP contribution in [0.1, 0.15) is 31.9 Å². The maximum atomic E-state index is 12.1. The molecule has 0 fully saturated rings. The van der Waals surface area contributed by atoms with Crippen molar-refractivity contribution in [3.63, 3.8) is 0 Å². The maximum absolute atomic E-state index is 12.1. The lowest BCUT2D eigenvalue weighted by Crippen LogP contribution is -2.31. The molecule has 0 saturated carbocycles. The van der Waals surface area contributed by atoms with E-state index in [1.54, 1.807) is 0 Å². The predicted molar refractivity (Wildman–Crippen MR) is 109 cm³/mol. The van der Waals surface area contributed by atoms with Gasteiger partial charge in [-0.1, -0.05) is 37.0 Å². The highest BCUT2D eigenvalue weighted by Crippen LogP contribution is 2.38. The molecule has 3 aromatic rings. The van der Waals surface area contributed by atoms with Gasteiger partial charge in [-0.2, -0.15) is 5.10 Å². The molecule has 152 valence electrons. The van der Waals surface area contributed by atoms with Crippen LogP contribution in [0.5, 0.6) is 11.6 Å². The van der Waals surface area contributed by atoms with Crippen molar-refractivity contribution < 1.29 is 4.74 Å². The number of halogens is 2. The molecule has 3 rings (SSSR count). The lowest BCUT2D eigenvalue weighted by Gasteiger charge is -2.12. The first kappa shape index (κ1) is 20.8. The minimum absolute atomic E-state index is 0.0244. The molecule has 0 amide bonds. The van der Waals surface area contributed by atoms with Gasteiger partial charge in [0.15, 0.2) is 11.4 Å². The molecule has 2 aromatic heterocycles. The van der Waals surface area contributed by atoms with Crippen LogP contribution < -0.4 is 21.5 Å². The van der Waals surface area contributed by atoms with Crippen LogP contribution in [0.15, 0.2) is 32.7 Å². The fraction of sp³-hybridized carbons (Fsp3) is 0.278. The molecule has 1 atom stereocenters. The van der Waals surface area contributed by atoms with E-state index in [1.807, 2.05) is 13.8 Å². The van der Waals surface area contributed by atoms with E-state index >= 15 is 0 Å². The summed E-state index contributed by atoms with van der Waals surface area (Å²) in [6.45, 7) is 3.83. The predicted octanol–water partition coefficient (Wildman–Crippen LogP) is 2.83. The molecule has 11 heteroatoms. The molecule has 9 nitrogen and oxygen atoms in total. The first-order chi connectivity index (χ1) is 13.7. The monoisotopic (exact) mass is 437 g/mol. The molecule has 0 spiro atoms. The topological polar surface area (TPSA) is 123 Å². The van der Waals surface area contributed by atoms with E-state index in [0.717, 1.165) is 11.1 Å². The Hall–Kier alpha value is -2.91. The van der Waals surface area contributed by atoms with Gasteiger partial charge in [0, 0.05) is 18.5 Å². The number of hydrogen-bond acceptors (Lipinski definition) is 6. The molecule has 0 aliphatic heterocycles. The molecular formula is C18H17Cl2N5O4. The van der Waals surface area contributed by atoms with Crippen LogP contribution in [-0.4, -0.2) is 24.7 Å². The van der Waals surface area contributed by atoms with E-state index in [2.05, 4.69) is 20.1 Å². The summed E-state index contributed by atoms with van der Waals surface area (Å²) < 4.78 is 6.68. The van der Waals surface area contributed by atoms with Crippen molar-refractivity contribution in [2.75, 3.05) is 0 Å². The first-order valence-corrected chi connectivity index (χ1v) is 9.41. The van der Waals surface area contributed by atoms with E-state index in [-0.39, 0.29) is 38.8 Å². The average molecular weight is 438 g/mol. The molecule has 0 bridgehead atoms. The second kappa shape index (κ2) is 8.22. The molecule has 1 unspecified atom stereocenters. The van der Waals surface area contributed by atoms with E-state index in [0.29, 0.717) is 11.3 Å². The second-order valence-electron chi connectivity index (χ2n) is 6.36. The standard InChI is InChI=1S/C18H17Cl2N5O4/c1-4-8(2)13-16(26)21-7-12(22-13)29-15-10(19)5-9(6-11(15)20)14-17(27)23-18(28)25(3)24-14/h5-8H,4H2,1-3H3,(H,21,26)(H,23,27,28). The summed E-state index contributed by atoms with van der Waals surface area (Å²) in [6, 6.07) is 2.87. The minimum Gasteiger partial charge on any atom is -0.434 e. The Morgan fingerprint density at radius 1 is 1.17 bits per heavy atom. The second-order valence-corrected chi connectivity index (χ2v) is 7.18. The van der Waals surface area contributed by atoms with Crippen molar-refractivity contribution in [1.82, 2.24) is 24.7 Å². The normalized spacial score (nSPS) is 12.0. The van der Waals surface area contributed by atoms with Gasteiger partial charge in [-0.3, -0.25) is 14.6 Å². The zero-order valence-corrected chi connectivity index (χ0v) is 17.3. The van der Waals surface area contributed by atoms with Crippen molar-refractivity contribution in [1.29, 1.82) is 0 Å². The number of benzene rings is 1. The fourth-order valence-electron chi connectivity index (χ4n) is 2.55. The Bertz CT molecular complexity index is 1220. The lowest BCUT2D eigenvalue weighted by molar-refractivity contribution is 0.454. The Morgan fingerprint density at radius 2 is 1.83 bits per heavy atom. The Kier molecular flexibility index (Phi) is 5.90. The molecular weight excluding hydrogens is 421 g/mol. The highest BCUT2D eigenvalue weighted by atomic mass is 35.5. The molecule has 1 aromatic carbocycles. The fourth-order valence-corrected chi connectivity index (χ4v) is 3.11. The van der Waals surface area contributed by atoms with E-state index in [4.69, 9.17) is 27.9 Å². The minimum atomic E-state index is -0.672. The smallest absolute Gasteiger partial charge is 0.344 e. The molecule has 0 aliphatic carbocycles. The highest BCUT2D eigenvalue weighted by molar-refractivity contribution is 6.37. The quantitative estimate of drug-likeness (QED) is 0.632.